The normalized spacial score (nSPS) is 16.2. The number of anilines is 1. The zero-order valence-corrected chi connectivity index (χ0v) is 20.6. The first kappa shape index (κ1) is 22.6. The van der Waals surface area contributed by atoms with E-state index in [4.69, 9.17) is 4.98 Å². The van der Waals surface area contributed by atoms with Gasteiger partial charge < -0.3 is 9.80 Å². The highest BCUT2D eigenvalue weighted by Crippen LogP contribution is 2.30. The van der Waals surface area contributed by atoms with E-state index in [1.54, 1.807) is 6.33 Å². The monoisotopic (exact) mass is 478 g/mol. The molecule has 0 unspecified atom stereocenters. The summed E-state index contributed by atoms with van der Waals surface area (Å²) in [6.45, 7) is 7.73. The van der Waals surface area contributed by atoms with Gasteiger partial charge in [0.2, 0.25) is 0 Å². The van der Waals surface area contributed by atoms with Crippen molar-refractivity contribution in [3.05, 3.63) is 83.8 Å². The zero-order valence-electron chi connectivity index (χ0n) is 20.6. The van der Waals surface area contributed by atoms with Gasteiger partial charge in [0.25, 0.3) is 5.91 Å². The van der Waals surface area contributed by atoms with Crippen LogP contribution in [0.1, 0.15) is 28.5 Å². The highest BCUT2D eigenvalue weighted by Gasteiger charge is 2.30. The summed E-state index contributed by atoms with van der Waals surface area (Å²) in [6.07, 6.45) is 2.52. The predicted molar refractivity (Wildman–Crippen MR) is 142 cm³/mol. The van der Waals surface area contributed by atoms with Gasteiger partial charge in [-0.25, -0.2) is 9.97 Å². The lowest BCUT2D eigenvalue weighted by Crippen LogP contribution is -2.49. The molecule has 7 nitrogen and oxygen atoms in total. The molecule has 1 fully saturated rings. The molecule has 182 valence electrons. The lowest BCUT2D eigenvalue weighted by Gasteiger charge is -2.36. The topological polar surface area (TPSA) is 65.5 Å². The number of pyridine rings is 1. The summed E-state index contributed by atoms with van der Waals surface area (Å²) in [5.74, 6) is 1.02. The third-order valence-corrected chi connectivity index (χ3v) is 7.40. The van der Waals surface area contributed by atoms with Gasteiger partial charge in [0.1, 0.15) is 12.1 Å². The van der Waals surface area contributed by atoms with Gasteiger partial charge >= 0.3 is 0 Å². The van der Waals surface area contributed by atoms with E-state index in [-0.39, 0.29) is 5.91 Å². The van der Waals surface area contributed by atoms with Crippen molar-refractivity contribution in [3.8, 4) is 11.3 Å². The van der Waals surface area contributed by atoms with Crippen molar-refractivity contribution in [2.24, 2.45) is 0 Å². The lowest BCUT2D eigenvalue weighted by atomic mass is 9.94. The molecule has 2 aromatic heterocycles. The van der Waals surface area contributed by atoms with Crippen LogP contribution in [0.4, 0.5) is 5.82 Å². The van der Waals surface area contributed by atoms with Crippen LogP contribution in [0.25, 0.3) is 22.2 Å². The van der Waals surface area contributed by atoms with Crippen LogP contribution < -0.4 is 4.90 Å². The second-order valence-corrected chi connectivity index (χ2v) is 9.45. The Balaban J connectivity index is 1.25. The number of nitrogens with zero attached hydrogens (tertiary/aromatic N) is 6. The van der Waals surface area contributed by atoms with Crippen molar-refractivity contribution < 1.29 is 4.79 Å². The van der Waals surface area contributed by atoms with E-state index >= 15 is 0 Å². The number of benzene rings is 2. The van der Waals surface area contributed by atoms with Gasteiger partial charge in [-0.3, -0.25) is 14.7 Å². The Kier molecular flexibility index (Phi) is 6.07. The molecule has 0 spiro atoms. The summed E-state index contributed by atoms with van der Waals surface area (Å²) in [5, 5.41) is 0.963. The van der Waals surface area contributed by atoms with E-state index in [0.717, 1.165) is 83.9 Å². The first-order valence-electron chi connectivity index (χ1n) is 12.8. The fraction of sp³-hybridized carbons (Fsp3) is 0.310. The van der Waals surface area contributed by atoms with E-state index in [0.29, 0.717) is 13.1 Å². The van der Waals surface area contributed by atoms with Gasteiger partial charge in [-0.05, 0) is 12.6 Å². The number of aromatic nitrogens is 3. The van der Waals surface area contributed by atoms with Crippen LogP contribution in [0, 0.1) is 0 Å². The number of hydrogen-bond acceptors (Lipinski definition) is 6. The van der Waals surface area contributed by atoms with Crippen LogP contribution >= 0.6 is 0 Å². The minimum absolute atomic E-state index is 0.120. The van der Waals surface area contributed by atoms with Gasteiger partial charge in [-0.1, -0.05) is 55.5 Å². The van der Waals surface area contributed by atoms with E-state index in [1.165, 1.54) is 0 Å². The van der Waals surface area contributed by atoms with E-state index in [1.807, 2.05) is 53.4 Å². The summed E-state index contributed by atoms with van der Waals surface area (Å²) in [4.78, 5) is 34.6. The van der Waals surface area contributed by atoms with Crippen LogP contribution in [0.15, 0.2) is 67.0 Å². The average Bonchev–Trinajstić information content (AvgIpc) is 2.96. The Bertz CT molecular complexity index is 1400. The predicted octanol–water partition coefficient (Wildman–Crippen LogP) is 4.03. The number of rotatable bonds is 4. The van der Waals surface area contributed by atoms with Crippen LogP contribution in [0.2, 0.25) is 0 Å². The quantitative estimate of drug-likeness (QED) is 0.441. The molecule has 1 saturated heterocycles. The molecule has 7 heteroatoms. The van der Waals surface area contributed by atoms with Crippen molar-refractivity contribution in [2.75, 3.05) is 44.2 Å². The smallest absolute Gasteiger partial charge is 0.255 e. The number of piperazine rings is 1. The Morgan fingerprint density at radius 2 is 1.69 bits per heavy atom. The van der Waals surface area contributed by atoms with Crippen LogP contribution in [0.5, 0.6) is 0 Å². The van der Waals surface area contributed by atoms with Crippen LogP contribution in [-0.2, 0) is 13.0 Å². The van der Waals surface area contributed by atoms with Gasteiger partial charge in [0, 0.05) is 74.0 Å². The summed E-state index contributed by atoms with van der Waals surface area (Å²) in [6, 6.07) is 20.3. The van der Waals surface area contributed by atoms with Crippen molar-refractivity contribution in [3.63, 3.8) is 0 Å². The second-order valence-electron chi connectivity index (χ2n) is 9.45. The molecule has 0 N–H and O–H groups in total. The number of para-hydroxylation sites is 1. The van der Waals surface area contributed by atoms with Gasteiger partial charge in [0.15, 0.2) is 0 Å². The highest BCUT2D eigenvalue weighted by molar-refractivity contribution is 6.07. The minimum atomic E-state index is 0.120. The van der Waals surface area contributed by atoms with Gasteiger partial charge in [-0.2, -0.15) is 0 Å². The molecule has 0 radical (unpaired) electrons. The van der Waals surface area contributed by atoms with Crippen molar-refractivity contribution in [1.29, 1.82) is 0 Å². The van der Waals surface area contributed by atoms with Gasteiger partial charge in [0.05, 0.1) is 16.8 Å². The molecule has 4 heterocycles. The Morgan fingerprint density at radius 3 is 2.50 bits per heavy atom. The molecule has 0 atom stereocenters. The minimum Gasteiger partial charge on any atom is -0.353 e. The number of hydrogen-bond donors (Lipinski definition) is 0. The van der Waals surface area contributed by atoms with Crippen LogP contribution in [0.3, 0.4) is 0 Å². The van der Waals surface area contributed by atoms with Gasteiger partial charge in [-0.15, -0.1) is 0 Å². The Morgan fingerprint density at radius 1 is 0.917 bits per heavy atom. The maximum atomic E-state index is 14.0. The molecule has 2 aromatic carbocycles. The summed E-state index contributed by atoms with van der Waals surface area (Å²) < 4.78 is 0. The molecule has 2 aliphatic rings. The number of likely N-dealkylation sites (N-methyl/N-ethyl adjacent to an activating group) is 1. The van der Waals surface area contributed by atoms with Crippen molar-refractivity contribution in [2.45, 2.75) is 19.9 Å². The van der Waals surface area contributed by atoms with Crippen molar-refractivity contribution in [1.82, 2.24) is 24.8 Å². The zero-order chi connectivity index (χ0) is 24.5. The number of amides is 1. The first-order valence-corrected chi connectivity index (χ1v) is 12.8. The van der Waals surface area contributed by atoms with E-state index in [2.05, 4.69) is 38.8 Å². The Labute approximate surface area is 211 Å². The van der Waals surface area contributed by atoms with Crippen molar-refractivity contribution >= 4 is 22.6 Å². The fourth-order valence-corrected chi connectivity index (χ4v) is 5.34. The number of fused-ring (bicyclic) bond motifs is 2. The second kappa shape index (κ2) is 9.66. The molecule has 2 aliphatic heterocycles. The molecule has 1 amide bonds. The van der Waals surface area contributed by atoms with E-state index < -0.39 is 0 Å². The molecular formula is C29H30N6O. The average molecular weight is 479 g/mol. The highest BCUT2D eigenvalue weighted by atomic mass is 16.2. The molecule has 0 bridgehead atoms. The third-order valence-electron chi connectivity index (χ3n) is 7.40. The summed E-state index contributed by atoms with van der Waals surface area (Å²) >= 11 is 0. The number of carbonyl (C=O) groups is 1. The fourth-order valence-electron chi connectivity index (χ4n) is 5.34. The molecular weight excluding hydrogens is 448 g/mol. The standard InChI is InChI=1S/C29H30N6O/c1-2-33-13-12-25-23(19-33)28(22-10-6-7-11-24(22)32-25)29(36)35-16-14-34(15-17-35)27-18-26(30-20-31-27)21-8-4-3-5-9-21/h3-11,18,20H,2,12-17,19H2,1H3. The summed E-state index contributed by atoms with van der Waals surface area (Å²) in [5.41, 5.74) is 5.93. The first-order chi connectivity index (χ1) is 17.7. The maximum Gasteiger partial charge on any atom is 0.255 e. The lowest BCUT2D eigenvalue weighted by molar-refractivity contribution is 0.0745. The molecule has 0 aliphatic carbocycles. The van der Waals surface area contributed by atoms with Crippen LogP contribution in [-0.4, -0.2) is 69.9 Å². The largest absolute Gasteiger partial charge is 0.353 e. The number of carbonyl (C=O) groups excluding carboxylic acids is 1. The molecule has 4 aromatic rings. The Hall–Kier alpha value is -3.84. The molecule has 6 rings (SSSR count). The third kappa shape index (κ3) is 4.20. The SMILES string of the molecule is CCN1CCc2nc3ccccc3c(C(=O)N3CCN(c4cc(-c5ccccc5)ncn4)CC3)c2C1. The maximum absolute atomic E-state index is 14.0. The van der Waals surface area contributed by atoms with E-state index in [9.17, 15) is 4.79 Å². The molecule has 36 heavy (non-hydrogen) atoms. The molecule has 0 saturated carbocycles. The summed E-state index contributed by atoms with van der Waals surface area (Å²) in [7, 11) is 0.